The maximum Gasteiger partial charge on any atom is 0.140 e. The minimum Gasteiger partial charge on any atom is -0.313 e. The van der Waals surface area contributed by atoms with Crippen molar-refractivity contribution >= 4 is 11.8 Å². The van der Waals surface area contributed by atoms with Crippen molar-refractivity contribution in [1.82, 2.24) is 5.32 Å². The molecule has 0 aliphatic rings. The molecule has 0 amide bonds. The molecule has 0 radical (unpaired) electrons. The van der Waals surface area contributed by atoms with Crippen LogP contribution in [0.15, 0.2) is 52.3 Å². The molecule has 0 saturated carbocycles. The maximum absolute atomic E-state index is 13.5. The van der Waals surface area contributed by atoms with E-state index in [1.165, 1.54) is 29.5 Å². The van der Waals surface area contributed by atoms with E-state index < -0.39 is 11.6 Å². The van der Waals surface area contributed by atoms with Gasteiger partial charge in [-0.3, -0.25) is 0 Å². The average Bonchev–Trinajstić information content (AvgIpc) is 2.42. The maximum atomic E-state index is 13.5. The summed E-state index contributed by atoms with van der Waals surface area (Å²) in [7, 11) is 1.90. The number of rotatable bonds is 4. The van der Waals surface area contributed by atoms with Gasteiger partial charge in [-0.25, -0.2) is 8.78 Å². The quantitative estimate of drug-likeness (QED) is 0.890. The second-order valence-electron chi connectivity index (χ2n) is 4.26. The topological polar surface area (TPSA) is 12.0 Å². The molecule has 2 aromatic rings. The van der Waals surface area contributed by atoms with E-state index in [2.05, 4.69) is 12.2 Å². The molecule has 100 valence electrons. The Labute approximate surface area is 116 Å². The van der Waals surface area contributed by atoms with E-state index in [9.17, 15) is 8.78 Å². The fourth-order valence-electron chi connectivity index (χ4n) is 1.68. The molecule has 1 N–H and O–H groups in total. The van der Waals surface area contributed by atoms with Crippen molar-refractivity contribution in [2.45, 2.75) is 22.8 Å². The van der Waals surface area contributed by atoms with Crippen molar-refractivity contribution in [2.24, 2.45) is 0 Å². The molecule has 0 aliphatic carbocycles. The lowest BCUT2D eigenvalue weighted by atomic mass is 10.1. The molecule has 0 spiro atoms. The van der Waals surface area contributed by atoms with E-state index in [1.54, 1.807) is 0 Å². The Bertz CT molecular complexity index is 555. The Morgan fingerprint density at radius 1 is 1.05 bits per heavy atom. The van der Waals surface area contributed by atoms with Crippen LogP contribution in [0.1, 0.15) is 18.5 Å². The molecule has 0 bridgehead atoms. The van der Waals surface area contributed by atoms with Crippen molar-refractivity contribution in [3.05, 3.63) is 59.7 Å². The molecule has 1 nitrogen and oxygen atoms in total. The zero-order chi connectivity index (χ0) is 13.8. The summed E-state index contributed by atoms with van der Waals surface area (Å²) < 4.78 is 26.3. The summed E-state index contributed by atoms with van der Waals surface area (Å²) in [6.07, 6.45) is 0. The first-order valence-corrected chi connectivity index (χ1v) is 6.82. The summed E-state index contributed by atoms with van der Waals surface area (Å²) >= 11 is 1.29. The summed E-state index contributed by atoms with van der Waals surface area (Å²) in [5.74, 6) is -1.09. The van der Waals surface area contributed by atoms with E-state index in [-0.39, 0.29) is 6.04 Å². The summed E-state index contributed by atoms with van der Waals surface area (Å²) in [5.41, 5.74) is 1.17. The van der Waals surface area contributed by atoms with Crippen LogP contribution in [-0.2, 0) is 0 Å². The fraction of sp³-hybridized carbons (Fsp3) is 0.200. The zero-order valence-electron chi connectivity index (χ0n) is 10.8. The van der Waals surface area contributed by atoms with Gasteiger partial charge in [0.05, 0.1) is 0 Å². The second-order valence-corrected chi connectivity index (χ2v) is 5.37. The molecule has 0 aliphatic heterocycles. The first kappa shape index (κ1) is 14.0. The summed E-state index contributed by atoms with van der Waals surface area (Å²) in [5, 5.41) is 3.16. The molecular weight excluding hydrogens is 264 g/mol. The van der Waals surface area contributed by atoms with Gasteiger partial charge in [-0.15, -0.1) is 0 Å². The van der Waals surface area contributed by atoms with E-state index >= 15 is 0 Å². The monoisotopic (exact) mass is 279 g/mol. The number of hydrogen-bond acceptors (Lipinski definition) is 2. The lowest BCUT2D eigenvalue weighted by Gasteiger charge is -2.11. The van der Waals surface area contributed by atoms with Crippen LogP contribution in [0.2, 0.25) is 0 Å². The van der Waals surface area contributed by atoms with Crippen molar-refractivity contribution in [3.63, 3.8) is 0 Å². The number of hydrogen-bond donors (Lipinski definition) is 1. The molecule has 1 atom stereocenters. The highest BCUT2D eigenvalue weighted by Gasteiger charge is 2.07. The Morgan fingerprint density at radius 2 is 1.74 bits per heavy atom. The van der Waals surface area contributed by atoms with Crippen molar-refractivity contribution in [2.75, 3.05) is 7.05 Å². The third-order valence-corrected chi connectivity index (χ3v) is 3.99. The molecular formula is C15H15F2NS. The minimum absolute atomic E-state index is 0.279. The lowest BCUT2D eigenvalue weighted by molar-refractivity contribution is 0.565. The molecule has 0 heterocycles. The first-order chi connectivity index (χ1) is 9.10. The predicted molar refractivity (Wildman–Crippen MR) is 74.4 cm³/mol. The normalized spacial score (nSPS) is 12.4. The van der Waals surface area contributed by atoms with Gasteiger partial charge in [0.25, 0.3) is 0 Å². The molecule has 2 aromatic carbocycles. The molecule has 0 fully saturated rings. The highest BCUT2D eigenvalue weighted by atomic mass is 32.2. The van der Waals surface area contributed by atoms with Gasteiger partial charge in [0, 0.05) is 21.9 Å². The van der Waals surface area contributed by atoms with E-state index in [4.69, 9.17) is 0 Å². The molecule has 1 unspecified atom stereocenters. The number of benzene rings is 2. The van der Waals surface area contributed by atoms with Crippen LogP contribution in [0.4, 0.5) is 8.78 Å². The van der Waals surface area contributed by atoms with Crippen molar-refractivity contribution < 1.29 is 8.78 Å². The van der Waals surface area contributed by atoms with Gasteiger partial charge in [0.15, 0.2) is 0 Å². The Balaban J connectivity index is 2.15. The van der Waals surface area contributed by atoms with Gasteiger partial charge >= 0.3 is 0 Å². The average molecular weight is 279 g/mol. The lowest BCUT2D eigenvalue weighted by Crippen LogP contribution is -2.11. The SMILES string of the molecule is CNC(C)c1ccc(Sc2ccc(F)cc2F)cc1. The van der Waals surface area contributed by atoms with Gasteiger partial charge in [-0.2, -0.15) is 0 Å². The number of nitrogens with one attached hydrogen (secondary N) is 1. The van der Waals surface area contributed by atoms with E-state index in [1.807, 2.05) is 31.3 Å². The molecule has 0 saturated heterocycles. The van der Waals surface area contributed by atoms with Gasteiger partial charge in [0.1, 0.15) is 11.6 Å². The second kappa shape index (κ2) is 6.17. The van der Waals surface area contributed by atoms with Crippen LogP contribution >= 0.6 is 11.8 Å². The van der Waals surface area contributed by atoms with Gasteiger partial charge in [-0.05, 0) is 43.8 Å². The van der Waals surface area contributed by atoms with Crippen LogP contribution in [0.25, 0.3) is 0 Å². The largest absolute Gasteiger partial charge is 0.313 e. The molecule has 0 aromatic heterocycles. The van der Waals surface area contributed by atoms with Crippen molar-refractivity contribution in [1.29, 1.82) is 0 Å². The van der Waals surface area contributed by atoms with Crippen LogP contribution in [0.3, 0.4) is 0 Å². The number of halogens is 2. The highest BCUT2D eigenvalue weighted by Crippen LogP contribution is 2.30. The summed E-state index contributed by atoms with van der Waals surface area (Å²) in [6, 6.07) is 11.8. The fourth-order valence-corrected chi connectivity index (χ4v) is 2.49. The minimum atomic E-state index is -0.556. The molecule has 2 rings (SSSR count). The predicted octanol–water partition coefficient (Wildman–Crippen LogP) is 4.40. The van der Waals surface area contributed by atoms with Crippen LogP contribution in [0.5, 0.6) is 0 Å². The molecule has 4 heteroatoms. The van der Waals surface area contributed by atoms with E-state index in [0.29, 0.717) is 4.90 Å². The van der Waals surface area contributed by atoms with Crippen LogP contribution in [-0.4, -0.2) is 7.05 Å². The highest BCUT2D eigenvalue weighted by molar-refractivity contribution is 7.99. The zero-order valence-corrected chi connectivity index (χ0v) is 11.6. The summed E-state index contributed by atoms with van der Waals surface area (Å²) in [4.78, 5) is 1.35. The Kier molecular flexibility index (Phi) is 4.56. The van der Waals surface area contributed by atoms with Gasteiger partial charge in [0.2, 0.25) is 0 Å². The smallest absolute Gasteiger partial charge is 0.140 e. The summed E-state index contributed by atoms with van der Waals surface area (Å²) in [6.45, 7) is 2.07. The van der Waals surface area contributed by atoms with Gasteiger partial charge < -0.3 is 5.32 Å². The standard InChI is InChI=1S/C15H15F2NS/c1-10(18-2)11-3-6-13(7-4-11)19-15-8-5-12(16)9-14(15)17/h3-10,18H,1-2H3. The Hall–Kier alpha value is -1.39. The van der Waals surface area contributed by atoms with E-state index in [0.717, 1.165) is 11.0 Å². The Morgan fingerprint density at radius 3 is 2.32 bits per heavy atom. The third-order valence-electron chi connectivity index (χ3n) is 2.93. The van der Waals surface area contributed by atoms with Gasteiger partial charge in [-0.1, -0.05) is 23.9 Å². The third kappa shape index (κ3) is 3.55. The molecule has 19 heavy (non-hydrogen) atoms. The first-order valence-electron chi connectivity index (χ1n) is 6.00. The van der Waals surface area contributed by atoms with Crippen LogP contribution in [0, 0.1) is 11.6 Å². The van der Waals surface area contributed by atoms with Crippen molar-refractivity contribution in [3.8, 4) is 0 Å². The van der Waals surface area contributed by atoms with Crippen LogP contribution < -0.4 is 5.32 Å².